The molecule has 1 aromatic carbocycles. The van der Waals surface area contributed by atoms with E-state index in [1.54, 1.807) is 13.2 Å². The maximum Gasteiger partial charge on any atom is 0.207 e. The predicted molar refractivity (Wildman–Crippen MR) is 78.7 cm³/mol. The van der Waals surface area contributed by atoms with Crippen LogP contribution in [-0.4, -0.2) is 29.8 Å². The average Bonchev–Trinajstić information content (AvgIpc) is 2.74. The average molecular weight is 300 g/mol. The van der Waals surface area contributed by atoms with E-state index in [0.717, 1.165) is 17.3 Å². The molecular weight excluding hydrogens is 285 g/mol. The quantitative estimate of drug-likeness (QED) is 0.858. The predicted octanol–water partition coefficient (Wildman–Crippen LogP) is 3.55. The van der Waals surface area contributed by atoms with E-state index in [1.165, 1.54) is 0 Å². The fourth-order valence-corrected chi connectivity index (χ4v) is 2.01. The Balaban J connectivity index is 2.29. The van der Waals surface area contributed by atoms with Crippen molar-refractivity contribution in [1.29, 1.82) is 0 Å². The summed E-state index contributed by atoms with van der Waals surface area (Å²) in [4.78, 5) is 4.43. The first-order valence-corrected chi connectivity index (χ1v) is 6.61. The van der Waals surface area contributed by atoms with Crippen LogP contribution in [0.5, 0.6) is 0 Å². The number of nitrogens with zero attached hydrogens (tertiary/aromatic N) is 2. The van der Waals surface area contributed by atoms with Crippen LogP contribution < -0.4 is 5.32 Å². The van der Waals surface area contributed by atoms with E-state index in [1.807, 2.05) is 29.8 Å². The lowest BCUT2D eigenvalue weighted by Crippen LogP contribution is -2.11. The molecular formula is C13H15Cl2N3O. The molecule has 0 saturated carbocycles. The SMILES string of the molecule is COCCNc1nc(C)cn1-c1ccc(Cl)c(Cl)c1. The van der Waals surface area contributed by atoms with Gasteiger partial charge in [0, 0.05) is 19.9 Å². The topological polar surface area (TPSA) is 39.1 Å². The van der Waals surface area contributed by atoms with Crippen molar-refractivity contribution < 1.29 is 4.74 Å². The van der Waals surface area contributed by atoms with Crippen LogP contribution in [0.1, 0.15) is 5.69 Å². The normalized spacial score (nSPS) is 10.7. The number of ether oxygens (including phenoxy) is 1. The van der Waals surface area contributed by atoms with Gasteiger partial charge in [0.1, 0.15) is 0 Å². The molecule has 0 unspecified atom stereocenters. The summed E-state index contributed by atoms with van der Waals surface area (Å²) >= 11 is 12.0. The van der Waals surface area contributed by atoms with Gasteiger partial charge < -0.3 is 10.1 Å². The summed E-state index contributed by atoms with van der Waals surface area (Å²) in [5, 5.41) is 4.28. The highest BCUT2D eigenvalue weighted by molar-refractivity contribution is 6.42. The molecule has 0 amide bonds. The molecule has 1 heterocycles. The van der Waals surface area contributed by atoms with E-state index >= 15 is 0 Å². The summed E-state index contributed by atoms with van der Waals surface area (Å²) in [7, 11) is 1.67. The molecule has 1 aromatic heterocycles. The number of halogens is 2. The molecule has 0 aliphatic carbocycles. The van der Waals surface area contributed by atoms with Crippen molar-refractivity contribution in [3.05, 3.63) is 40.1 Å². The zero-order valence-electron chi connectivity index (χ0n) is 10.8. The smallest absolute Gasteiger partial charge is 0.207 e. The van der Waals surface area contributed by atoms with Crippen LogP contribution in [0.3, 0.4) is 0 Å². The molecule has 0 fully saturated rings. The van der Waals surface area contributed by atoms with Crippen LogP contribution in [0, 0.1) is 6.92 Å². The zero-order valence-corrected chi connectivity index (χ0v) is 12.3. The van der Waals surface area contributed by atoms with Gasteiger partial charge in [-0.3, -0.25) is 4.57 Å². The minimum atomic E-state index is 0.522. The highest BCUT2D eigenvalue weighted by Crippen LogP contribution is 2.26. The first kappa shape index (κ1) is 14.2. The second kappa shape index (κ2) is 6.28. The molecule has 0 aliphatic rings. The highest BCUT2D eigenvalue weighted by atomic mass is 35.5. The van der Waals surface area contributed by atoms with E-state index in [9.17, 15) is 0 Å². The fraction of sp³-hybridized carbons (Fsp3) is 0.308. The van der Waals surface area contributed by atoms with Crippen LogP contribution in [0.2, 0.25) is 10.0 Å². The first-order chi connectivity index (χ1) is 9.11. The Kier molecular flexibility index (Phi) is 4.69. The lowest BCUT2D eigenvalue weighted by Gasteiger charge is -2.10. The number of aromatic nitrogens is 2. The highest BCUT2D eigenvalue weighted by Gasteiger charge is 2.08. The Morgan fingerprint density at radius 1 is 1.32 bits per heavy atom. The van der Waals surface area contributed by atoms with E-state index in [-0.39, 0.29) is 0 Å². The summed E-state index contributed by atoms with van der Waals surface area (Å²) in [6.07, 6.45) is 1.94. The molecule has 0 bridgehead atoms. The van der Waals surface area contributed by atoms with Crippen LogP contribution in [-0.2, 0) is 4.74 Å². The largest absolute Gasteiger partial charge is 0.383 e. The second-order valence-electron chi connectivity index (χ2n) is 4.09. The Morgan fingerprint density at radius 3 is 2.79 bits per heavy atom. The molecule has 1 N–H and O–H groups in total. The van der Waals surface area contributed by atoms with Crippen molar-refractivity contribution in [2.45, 2.75) is 6.92 Å². The monoisotopic (exact) mass is 299 g/mol. The van der Waals surface area contributed by atoms with Crippen molar-refractivity contribution in [2.24, 2.45) is 0 Å². The molecule has 0 spiro atoms. The summed E-state index contributed by atoms with van der Waals surface area (Å²) in [5.74, 6) is 0.757. The number of methoxy groups -OCH3 is 1. The van der Waals surface area contributed by atoms with Gasteiger partial charge in [0.15, 0.2) is 0 Å². The number of nitrogens with one attached hydrogen (secondary N) is 1. The summed E-state index contributed by atoms with van der Waals surface area (Å²) in [5.41, 5.74) is 1.83. The number of rotatable bonds is 5. The van der Waals surface area contributed by atoms with Crippen molar-refractivity contribution in [3.63, 3.8) is 0 Å². The van der Waals surface area contributed by atoms with E-state index in [0.29, 0.717) is 23.2 Å². The third-order valence-corrected chi connectivity index (χ3v) is 3.34. The maximum absolute atomic E-state index is 6.04. The van der Waals surface area contributed by atoms with Gasteiger partial charge in [-0.15, -0.1) is 0 Å². The van der Waals surface area contributed by atoms with Crippen molar-refractivity contribution >= 4 is 29.2 Å². The molecule has 0 atom stereocenters. The van der Waals surface area contributed by atoms with E-state index in [2.05, 4.69) is 10.3 Å². The van der Waals surface area contributed by atoms with Crippen LogP contribution >= 0.6 is 23.2 Å². The molecule has 0 radical (unpaired) electrons. The first-order valence-electron chi connectivity index (χ1n) is 5.86. The van der Waals surface area contributed by atoms with Crippen LogP contribution in [0.15, 0.2) is 24.4 Å². The Bertz CT molecular complexity index is 569. The molecule has 0 aliphatic heterocycles. The summed E-state index contributed by atoms with van der Waals surface area (Å²) in [6, 6.07) is 5.48. The molecule has 2 rings (SSSR count). The molecule has 2 aromatic rings. The van der Waals surface area contributed by atoms with Gasteiger partial charge in [-0.2, -0.15) is 0 Å². The van der Waals surface area contributed by atoms with Crippen molar-refractivity contribution in [2.75, 3.05) is 25.6 Å². The van der Waals surface area contributed by atoms with Gasteiger partial charge in [-0.05, 0) is 25.1 Å². The maximum atomic E-state index is 6.04. The summed E-state index contributed by atoms with van der Waals surface area (Å²) in [6.45, 7) is 3.25. The van der Waals surface area contributed by atoms with Gasteiger partial charge in [0.2, 0.25) is 5.95 Å². The summed E-state index contributed by atoms with van der Waals surface area (Å²) < 4.78 is 6.95. The van der Waals surface area contributed by atoms with Crippen LogP contribution in [0.25, 0.3) is 5.69 Å². The van der Waals surface area contributed by atoms with Crippen molar-refractivity contribution in [3.8, 4) is 5.69 Å². The van der Waals surface area contributed by atoms with Gasteiger partial charge in [-0.1, -0.05) is 23.2 Å². The van der Waals surface area contributed by atoms with Gasteiger partial charge >= 0.3 is 0 Å². The minimum Gasteiger partial charge on any atom is -0.383 e. The number of hydrogen-bond acceptors (Lipinski definition) is 3. The zero-order chi connectivity index (χ0) is 13.8. The number of benzene rings is 1. The van der Waals surface area contributed by atoms with Crippen LogP contribution in [0.4, 0.5) is 5.95 Å². The molecule has 102 valence electrons. The van der Waals surface area contributed by atoms with E-state index < -0.39 is 0 Å². The van der Waals surface area contributed by atoms with Gasteiger partial charge in [0.25, 0.3) is 0 Å². The number of hydrogen-bond donors (Lipinski definition) is 1. The minimum absolute atomic E-state index is 0.522. The standard InChI is InChI=1S/C13H15Cl2N3O/c1-9-8-18(13(17-9)16-5-6-19-2)10-3-4-11(14)12(15)7-10/h3-4,7-8H,5-6H2,1-2H3,(H,16,17). The Morgan fingerprint density at radius 2 is 2.11 bits per heavy atom. The Labute approximate surface area is 122 Å². The van der Waals surface area contributed by atoms with Gasteiger partial charge in [-0.25, -0.2) is 4.98 Å². The lowest BCUT2D eigenvalue weighted by atomic mass is 10.3. The third kappa shape index (κ3) is 3.41. The molecule has 6 heteroatoms. The number of aryl methyl sites for hydroxylation is 1. The number of anilines is 1. The molecule has 0 saturated heterocycles. The molecule has 4 nitrogen and oxygen atoms in total. The number of imidazole rings is 1. The fourth-order valence-electron chi connectivity index (χ4n) is 1.72. The Hall–Kier alpha value is -1.23. The lowest BCUT2D eigenvalue weighted by molar-refractivity contribution is 0.210. The van der Waals surface area contributed by atoms with Gasteiger partial charge in [0.05, 0.1) is 28.0 Å². The second-order valence-corrected chi connectivity index (χ2v) is 4.91. The third-order valence-electron chi connectivity index (χ3n) is 2.60. The molecule has 19 heavy (non-hydrogen) atoms. The van der Waals surface area contributed by atoms with E-state index in [4.69, 9.17) is 27.9 Å². The van der Waals surface area contributed by atoms with Crippen molar-refractivity contribution in [1.82, 2.24) is 9.55 Å².